The first-order valence-electron chi connectivity index (χ1n) is 6.65. The van der Waals surface area contributed by atoms with Crippen molar-refractivity contribution in [2.75, 3.05) is 0 Å². The normalized spacial score (nSPS) is 13.1. The first kappa shape index (κ1) is 13.8. The standard InChI is InChI=1S/C15H21NS2/c1-3-12(4-2)16-14(15-8-6-10-18-15)11-13-7-5-9-17-13/h5-10,12,14,16H,3-4,11H2,1-2H3. The van der Waals surface area contributed by atoms with Crippen LogP contribution in [-0.2, 0) is 6.42 Å². The van der Waals surface area contributed by atoms with Gasteiger partial charge in [-0.1, -0.05) is 26.0 Å². The van der Waals surface area contributed by atoms with E-state index in [0.29, 0.717) is 12.1 Å². The van der Waals surface area contributed by atoms with Crippen molar-refractivity contribution >= 4 is 22.7 Å². The summed E-state index contributed by atoms with van der Waals surface area (Å²) >= 11 is 3.71. The van der Waals surface area contributed by atoms with Crippen LogP contribution in [0.2, 0.25) is 0 Å². The molecule has 1 unspecified atom stereocenters. The fourth-order valence-corrected chi connectivity index (χ4v) is 3.71. The van der Waals surface area contributed by atoms with E-state index in [-0.39, 0.29) is 0 Å². The molecule has 1 N–H and O–H groups in total. The van der Waals surface area contributed by atoms with Crippen LogP contribution in [0.4, 0.5) is 0 Å². The van der Waals surface area contributed by atoms with Crippen LogP contribution in [0.1, 0.15) is 42.5 Å². The molecule has 18 heavy (non-hydrogen) atoms. The summed E-state index contributed by atoms with van der Waals surface area (Å²) in [5, 5.41) is 8.15. The third-order valence-electron chi connectivity index (χ3n) is 3.29. The van der Waals surface area contributed by atoms with E-state index in [2.05, 4.69) is 54.2 Å². The molecule has 0 radical (unpaired) electrons. The molecule has 3 heteroatoms. The number of nitrogens with one attached hydrogen (secondary N) is 1. The quantitative estimate of drug-likeness (QED) is 0.762. The highest BCUT2D eigenvalue weighted by Gasteiger charge is 2.16. The Morgan fingerprint density at radius 1 is 1.06 bits per heavy atom. The van der Waals surface area contributed by atoms with Gasteiger partial charge in [-0.25, -0.2) is 0 Å². The lowest BCUT2D eigenvalue weighted by atomic mass is 10.1. The minimum Gasteiger partial charge on any atom is -0.306 e. The third kappa shape index (κ3) is 3.67. The van der Waals surface area contributed by atoms with E-state index in [1.54, 1.807) is 0 Å². The van der Waals surface area contributed by atoms with Crippen molar-refractivity contribution in [2.24, 2.45) is 0 Å². The van der Waals surface area contributed by atoms with Crippen LogP contribution >= 0.6 is 22.7 Å². The number of hydrogen-bond donors (Lipinski definition) is 1. The first-order valence-corrected chi connectivity index (χ1v) is 8.41. The van der Waals surface area contributed by atoms with Crippen LogP contribution < -0.4 is 5.32 Å². The van der Waals surface area contributed by atoms with Crippen molar-refractivity contribution in [3.63, 3.8) is 0 Å². The fraction of sp³-hybridized carbons (Fsp3) is 0.467. The van der Waals surface area contributed by atoms with Gasteiger partial charge in [0, 0.05) is 28.3 Å². The van der Waals surface area contributed by atoms with Gasteiger partial charge in [0.05, 0.1) is 0 Å². The largest absolute Gasteiger partial charge is 0.306 e. The molecule has 0 spiro atoms. The first-order chi connectivity index (χ1) is 8.83. The van der Waals surface area contributed by atoms with Crippen LogP contribution in [0.15, 0.2) is 35.0 Å². The van der Waals surface area contributed by atoms with Crippen molar-refractivity contribution in [2.45, 2.75) is 45.2 Å². The van der Waals surface area contributed by atoms with Gasteiger partial charge in [0.1, 0.15) is 0 Å². The number of rotatable bonds is 7. The molecule has 0 aliphatic heterocycles. The molecule has 1 nitrogen and oxygen atoms in total. The van der Waals surface area contributed by atoms with Crippen molar-refractivity contribution in [1.29, 1.82) is 0 Å². The summed E-state index contributed by atoms with van der Waals surface area (Å²) in [6, 6.07) is 9.86. The van der Waals surface area contributed by atoms with E-state index >= 15 is 0 Å². The molecule has 0 fully saturated rings. The molecule has 2 heterocycles. The van der Waals surface area contributed by atoms with Crippen LogP contribution in [0.3, 0.4) is 0 Å². The summed E-state index contributed by atoms with van der Waals surface area (Å²) in [6.45, 7) is 4.52. The van der Waals surface area contributed by atoms with Gasteiger partial charge in [-0.15, -0.1) is 22.7 Å². The third-order valence-corrected chi connectivity index (χ3v) is 5.18. The average molecular weight is 279 g/mol. The summed E-state index contributed by atoms with van der Waals surface area (Å²) in [5.74, 6) is 0. The SMILES string of the molecule is CCC(CC)NC(Cc1cccs1)c1cccs1. The molecule has 0 saturated heterocycles. The van der Waals surface area contributed by atoms with Crippen LogP contribution in [0.25, 0.3) is 0 Å². The van der Waals surface area contributed by atoms with E-state index in [1.807, 2.05) is 22.7 Å². The average Bonchev–Trinajstić information content (AvgIpc) is 3.06. The monoisotopic (exact) mass is 279 g/mol. The van der Waals surface area contributed by atoms with Crippen molar-refractivity contribution < 1.29 is 0 Å². The van der Waals surface area contributed by atoms with E-state index in [4.69, 9.17) is 0 Å². The molecule has 0 aliphatic rings. The summed E-state index contributed by atoms with van der Waals surface area (Å²) in [4.78, 5) is 2.92. The minimum absolute atomic E-state index is 0.466. The Balaban J connectivity index is 2.08. The van der Waals surface area contributed by atoms with Gasteiger partial charge in [-0.05, 0) is 35.7 Å². The van der Waals surface area contributed by atoms with Gasteiger partial charge in [-0.3, -0.25) is 0 Å². The summed E-state index contributed by atoms with van der Waals surface area (Å²) in [7, 11) is 0. The highest BCUT2D eigenvalue weighted by atomic mass is 32.1. The van der Waals surface area contributed by atoms with E-state index < -0.39 is 0 Å². The maximum atomic E-state index is 3.81. The molecular weight excluding hydrogens is 258 g/mol. The van der Waals surface area contributed by atoms with Crippen LogP contribution in [0.5, 0.6) is 0 Å². The molecule has 98 valence electrons. The summed E-state index contributed by atoms with van der Waals surface area (Å²) < 4.78 is 0. The molecule has 2 rings (SSSR count). The predicted molar refractivity (Wildman–Crippen MR) is 82.6 cm³/mol. The second-order valence-electron chi connectivity index (χ2n) is 4.53. The Bertz CT molecular complexity index is 415. The molecule has 0 aromatic carbocycles. The Morgan fingerprint density at radius 3 is 2.33 bits per heavy atom. The fourth-order valence-electron chi connectivity index (χ4n) is 2.17. The molecule has 1 atom stereocenters. The van der Waals surface area contributed by atoms with E-state index in [0.717, 1.165) is 6.42 Å². The highest BCUT2D eigenvalue weighted by molar-refractivity contribution is 7.10. The Hall–Kier alpha value is -0.640. The lowest BCUT2D eigenvalue weighted by molar-refractivity contribution is 0.417. The number of hydrogen-bond acceptors (Lipinski definition) is 3. The van der Waals surface area contributed by atoms with Crippen molar-refractivity contribution in [3.05, 3.63) is 44.8 Å². The molecule has 0 amide bonds. The Labute approximate surface area is 118 Å². The minimum atomic E-state index is 0.466. The maximum absolute atomic E-state index is 3.81. The Morgan fingerprint density at radius 2 is 1.78 bits per heavy atom. The second kappa shape index (κ2) is 7.07. The molecule has 0 aliphatic carbocycles. The zero-order chi connectivity index (χ0) is 12.8. The van der Waals surface area contributed by atoms with Crippen LogP contribution in [0, 0.1) is 0 Å². The van der Waals surface area contributed by atoms with Gasteiger partial charge in [0.15, 0.2) is 0 Å². The topological polar surface area (TPSA) is 12.0 Å². The zero-order valence-electron chi connectivity index (χ0n) is 11.1. The molecule has 2 aromatic heterocycles. The zero-order valence-corrected chi connectivity index (χ0v) is 12.7. The maximum Gasteiger partial charge on any atom is 0.0465 e. The Kier molecular flexibility index (Phi) is 5.42. The van der Waals surface area contributed by atoms with Gasteiger partial charge in [0.25, 0.3) is 0 Å². The predicted octanol–water partition coefficient (Wildman–Crippen LogP) is 4.87. The molecule has 0 saturated carbocycles. The van der Waals surface area contributed by atoms with Gasteiger partial charge in [0.2, 0.25) is 0 Å². The van der Waals surface area contributed by atoms with Crippen LogP contribution in [-0.4, -0.2) is 6.04 Å². The second-order valence-corrected chi connectivity index (χ2v) is 6.54. The van der Waals surface area contributed by atoms with Crippen molar-refractivity contribution in [3.8, 4) is 0 Å². The summed E-state index contributed by atoms with van der Waals surface area (Å²) in [5.41, 5.74) is 0. The van der Waals surface area contributed by atoms with Crippen molar-refractivity contribution in [1.82, 2.24) is 5.32 Å². The van der Waals surface area contributed by atoms with Gasteiger partial charge < -0.3 is 5.32 Å². The number of thiophene rings is 2. The molecule has 0 bridgehead atoms. The molecule has 2 aromatic rings. The summed E-state index contributed by atoms with van der Waals surface area (Å²) in [6.07, 6.45) is 3.50. The molecular formula is C15H21NS2. The highest BCUT2D eigenvalue weighted by Crippen LogP contribution is 2.26. The van der Waals surface area contributed by atoms with E-state index in [1.165, 1.54) is 22.6 Å². The van der Waals surface area contributed by atoms with Gasteiger partial charge >= 0.3 is 0 Å². The van der Waals surface area contributed by atoms with Gasteiger partial charge in [-0.2, -0.15) is 0 Å². The lowest BCUT2D eigenvalue weighted by Gasteiger charge is -2.23. The smallest absolute Gasteiger partial charge is 0.0465 e. The lowest BCUT2D eigenvalue weighted by Crippen LogP contribution is -2.32. The van der Waals surface area contributed by atoms with E-state index in [9.17, 15) is 0 Å².